The Morgan fingerprint density at radius 2 is 1.85 bits per heavy atom. The van der Waals surface area contributed by atoms with Gasteiger partial charge in [-0.1, -0.05) is 6.07 Å². The SMILES string of the molecule is CCOCCOc1cccc(C(=O)NC(=S)Nc2ccc(OC)cc2)c1. The van der Waals surface area contributed by atoms with Gasteiger partial charge in [-0.15, -0.1) is 0 Å². The first kappa shape index (κ1) is 19.7. The van der Waals surface area contributed by atoms with Crippen LogP contribution in [0.25, 0.3) is 0 Å². The van der Waals surface area contributed by atoms with Gasteiger partial charge in [0.15, 0.2) is 5.11 Å². The number of methoxy groups -OCH3 is 1. The number of hydrogen-bond donors (Lipinski definition) is 2. The summed E-state index contributed by atoms with van der Waals surface area (Å²) in [7, 11) is 1.60. The van der Waals surface area contributed by atoms with Crippen molar-refractivity contribution < 1.29 is 19.0 Å². The van der Waals surface area contributed by atoms with Crippen molar-refractivity contribution in [1.29, 1.82) is 0 Å². The largest absolute Gasteiger partial charge is 0.497 e. The number of thiocarbonyl (C=S) groups is 1. The Kier molecular flexibility index (Phi) is 7.85. The first-order chi connectivity index (χ1) is 12.6. The Labute approximate surface area is 158 Å². The first-order valence-corrected chi connectivity index (χ1v) is 8.60. The minimum absolute atomic E-state index is 0.211. The summed E-state index contributed by atoms with van der Waals surface area (Å²) in [6.07, 6.45) is 0. The van der Waals surface area contributed by atoms with Gasteiger partial charge in [-0.25, -0.2) is 0 Å². The van der Waals surface area contributed by atoms with Crippen LogP contribution < -0.4 is 20.1 Å². The third-order valence-electron chi connectivity index (χ3n) is 3.37. The van der Waals surface area contributed by atoms with Gasteiger partial charge in [-0.05, 0) is 61.6 Å². The van der Waals surface area contributed by atoms with E-state index in [9.17, 15) is 4.79 Å². The summed E-state index contributed by atoms with van der Waals surface area (Å²) in [6.45, 7) is 3.50. The Morgan fingerprint density at radius 1 is 1.08 bits per heavy atom. The number of nitrogens with one attached hydrogen (secondary N) is 2. The predicted molar refractivity (Wildman–Crippen MR) is 105 cm³/mol. The van der Waals surface area contributed by atoms with Crippen molar-refractivity contribution in [2.75, 3.05) is 32.2 Å². The van der Waals surface area contributed by atoms with Crippen molar-refractivity contribution in [1.82, 2.24) is 5.32 Å². The van der Waals surface area contributed by atoms with Gasteiger partial charge in [0, 0.05) is 17.9 Å². The van der Waals surface area contributed by atoms with E-state index in [1.807, 2.05) is 19.1 Å². The second kappa shape index (κ2) is 10.4. The number of carbonyl (C=O) groups excluding carboxylic acids is 1. The highest BCUT2D eigenvalue weighted by atomic mass is 32.1. The molecule has 0 aromatic heterocycles. The lowest BCUT2D eigenvalue weighted by molar-refractivity contribution is 0.0976. The van der Waals surface area contributed by atoms with Gasteiger partial charge in [0.25, 0.3) is 5.91 Å². The number of amides is 1. The van der Waals surface area contributed by atoms with Crippen LogP contribution in [0.5, 0.6) is 11.5 Å². The van der Waals surface area contributed by atoms with Crippen LogP contribution in [0.2, 0.25) is 0 Å². The normalized spacial score (nSPS) is 10.1. The van der Waals surface area contributed by atoms with Gasteiger partial charge in [-0.2, -0.15) is 0 Å². The molecule has 2 aromatic rings. The Hall–Kier alpha value is -2.64. The average Bonchev–Trinajstić information content (AvgIpc) is 2.66. The molecule has 0 aliphatic carbocycles. The molecule has 0 radical (unpaired) electrons. The molecule has 0 heterocycles. The Balaban J connectivity index is 1.88. The zero-order valence-corrected chi connectivity index (χ0v) is 15.6. The fraction of sp³-hybridized carbons (Fsp3) is 0.263. The fourth-order valence-electron chi connectivity index (χ4n) is 2.10. The summed E-state index contributed by atoms with van der Waals surface area (Å²) in [4.78, 5) is 12.3. The van der Waals surface area contributed by atoms with Crippen LogP contribution in [0, 0.1) is 0 Å². The quantitative estimate of drug-likeness (QED) is 0.546. The molecule has 138 valence electrons. The molecule has 6 nitrogen and oxygen atoms in total. The molecule has 7 heteroatoms. The lowest BCUT2D eigenvalue weighted by atomic mass is 10.2. The third-order valence-corrected chi connectivity index (χ3v) is 3.58. The molecule has 2 N–H and O–H groups in total. The predicted octanol–water partition coefficient (Wildman–Crippen LogP) is 3.24. The summed E-state index contributed by atoms with van der Waals surface area (Å²) in [5.41, 5.74) is 1.21. The molecule has 0 spiro atoms. The lowest BCUT2D eigenvalue weighted by Crippen LogP contribution is -2.34. The monoisotopic (exact) mass is 374 g/mol. The van der Waals surface area contributed by atoms with Gasteiger partial charge < -0.3 is 19.5 Å². The van der Waals surface area contributed by atoms with Crippen LogP contribution in [-0.2, 0) is 4.74 Å². The lowest BCUT2D eigenvalue weighted by Gasteiger charge is -2.11. The molecule has 0 saturated heterocycles. The molecule has 0 atom stereocenters. The van der Waals surface area contributed by atoms with E-state index in [4.69, 9.17) is 26.4 Å². The maximum atomic E-state index is 12.3. The van der Waals surface area contributed by atoms with Crippen molar-refractivity contribution in [3.8, 4) is 11.5 Å². The molecular weight excluding hydrogens is 352 g/mol. The van der Waals surface area contributed by atoms with E-state index < -0.39 is 0 Å². The summed E-state index contributed by atoms with van der Waals surface area (Å²) in [5, 5.41) is 5.81. The van der Waals surface area contributed by atoms with Crippen LogP contribution >= 0.6 is 12.2 Å². The van der Waals surface area contributed by atoms with E-state index in [1.54, 1.807) is 43.5 Å². The minimum Gasteiger partial charge on any atom is -0.497 e. The van der Waals surface area contributed by atoms with Crippen molar-refractivity contribution in [2.45, 2.75) is 6.92 Å². The number of benzene rings is 2. The molecule has 0 saturated carbocycles. The average molecular weight is 374 g/mol. The van der Waals surface area contributed by atoms with Gasteiger partial charge in [-0.3, -0.25) is 10.1 Å². The van der Waals surface area contributed by atoms with Gasteiger partial charge in [0.05, 0.1) is 13.7 Å². The van der Waals surface area contributed by atoms with Crippen LogP contribution in [0.3, 0.4) is 0 Å². The van der Waals surface area contributed by atoms with Gasteiger partial charge in [0.2, 0.25) is 0 Å². The second-order valence-electron chi connectivity index (χ2n) is 5.21. The first-order valence-electron chi connectivity index (χ1n) is 8.19. The second-order valence-corrected chi connectivity index (χ2v) is 5.62. The third kappa shape index (κ3) is 6.34. The van der Waals surface area contributed by atoms with E-state index in [0.717, 1.165) is 11.4 Å². The molecule has 0 aliphatic heterocycles. The van der Waals surface area contributed by atoms with Crippen molar-refractivity contribution in [3.05, 3.63) is 54.1 Å². The summed E-state index contributed by atoms with van der Waals surface area (Å²) in [5.74, 6) is 1.03. The number of ether oxygens (including phenoxy) is 3. The van der Waals surface area contributed by atoms with Crippen LogP contribution in [-0.4, -0.2) is 38.0 Å². The molecule has 26 heavy (non-hydrogen) atoms. The van der Waals surface area contributed by atoms with E-state index in [-0.39, 0.29) is 11.0 Å². The van der Waals surface area contributed by atoms with Crippen molar-refractivity contribution in [3.63, 3.8) is 0 Å². The van der Waals surface area contributed by atoms with Crippen LogP contribution in [0.4, 0.5) is 5.69 Å². The smallest absolute Gasteiger partial charge is 0.257 e. The topological polar surface area (TPSA) is 68.8 Å². The van der Waals surface area contributed by atoms with Gasteiger partial charge in [0.1, 0.15) is 18.1 Å². The molecule has 0 fully saturated rings. The van der Waals surface area contributed by atoms with E-state index in [0.29, 0.717) is 31.1 Å². The molecule has 2 rings (SSSR count). The molecule has 2 aromatic carbocycles. The Bertz CT molecular complexity index is 735. The Morgan fingerprint density at radius 3 is 2.54 bits per heavy atom. The zero-order valence-electron chi connectivity index (χ0n) is 14.8. The summed E-state index contributed by atoms with van der Waals surface area (Å²) < 4.78 is 15.9. The number of carbonyl (C=O) groups is 1. The maximum absolute atomic E-state index is 12.3. The minimum atomic E-state index is -0.314. The van der Waals surface area contributed by atoms with Crippen molar-refractivity contribution >= 4 is 28.9 Å². The number of hydrogen-bond acceptors (Lipinski definition) is 5. The van der Waals surface area contributed by atoms with Crippen LogP contribution in [0.15, 0.2) is 48.5 Å². The highest BCUT2D eigenvalue weighted by Crippen LogP contribution is 2.15. The van der Waals surface area contributed by atoms with Gasteiger partial charge >= 0.3 is 0 Å². The summed E-state index contributed by atoms with van der Waals surface area (Å²) >= 11 is 5.18. The van der Waals surface area contributed by atoms with E-state index in [1.165, 1.54) is 0 Å². The molecule has 1 amide bonds. The van der Waals surface area contributed by atoms with E-state index in [2.05, 4.69) is 10.6 Å². The number of rotatable bonds is 8. The fourth-order valence-corrected chi connectivity index (χ4v) is 2.31. The zero-order chi connectivity index (χ0) is 18.8. The molecular formula is C19H22N2O4S. The molecule has 0 unspecified atom stereocenters. The van der Waals surface area contributed by atoms with Crippen LogP contribution in [0.1, 0.15) is 17.3 Å². The maximum Gasteiger partial charge on any atom is 0.257 e. The number of anilines is 1. The molecule has 0 aliphatic rings. The highest BCUT2D eigenvalue weighted by Gasteiger charge is 2.09. The molecule has 0 bridgehead atoms. The standard InChI is InChI=1S/C19H22N2O4S/c1-3-24-11-12-25-17-6-4-5-14(13-17)18(22)21-19(26)20-15-7-9-16(23-2)10-8-15/h4-10,13H,3,11-12H2,1-2H3,(H2,20,21,22,26). The summed E-state index contributed by atoms with van der Waals surface area (Å²) in [6, 6.07) is 14.1. The van der Waals surface area contributed by atoms with Crippen molar-refractivity contribution in [2.24, 2.45) is 0 Å². The van der Waals surface area contributed by atoms with E-state index >= 15 is 0 Å². The highest BCUT2D eigenvalue weighted by molar-refractivity contribution is 7.80.